The van der Waals surface area contributed by atoms with E-state index < -0.39 is 5.97 Å². The molecule has 0 fully saturated rings. The van der Waals surface area contributed by atoms with Gasteiger partial charge in [-0.3, -0.25) is 0 Å². The van der Waals surface area contributed by atoms with Crippen molar-refractivity contribution in [3.63, 3.8) is 0 Å². The lowest BCUT2D eigenvalue weighted by Crippen LogP contribution is -2.14. The van der Waals surface area contributed by atoms with E-state index in [4.69, 9.17) is 18.7 Å². The van der Waals surface area contributed by atoms with Crippen molar-refractivity contribution < 1.29 is 23.5 Å². The third-order valence-corrected chi connectivity index (χ3v) is 6.02. The van der Waals surface area contributed by atoms with Gasteiger partial charge in [-0.15, -0.1) is 0 Å². The Morgan fingerprint density at radius 2 is 1.54 bits per heavy atom. The van der Waals surface area contributed by atoms with Gasteiger partial charge in [-0.05, 0) is 55.3 Å². The van der Waals surface area contributed by atoms with Gasteiger partial charge in [0.05, 0.1) is 12.2 Å². The third kappa shape index (κ3) is 5.33. The molecule has 2 aliphatic rings. The van der Waals surface area contributed by atoms with Crippen LogP contribution >= 0.6 is 0 Å². The lowest BCUT2D eigenvalue weighted by Gasteiger charge is -2.16. The van der Waals surface area contributed by atoms with E-state index in [-0.39, 0.29) is 6.61 Å². The molecule has 0 aromatic heterocycles. The summed E-state index contributed by atoms with van der Waals surface area (Å²) in [5.74, 6) is 1.61. The second kappa shape index (κ2) is 11.0. The first-order chi connectivity index (χ1) is 18.1. The van der Waals surface area contributed by atoms with Gasteiger partial charge in [0.2, 0.25) is 0 Å². The minimum atomic E-state index is -0.399. The van der Waals surface area contributed by atoms with E-state index in [2.05, 4.69) is 5.16 Å². The highest BCUT2D eigenvalue weighted by molar-refractivity contribution is 5.90. The van der Waals surface area contributed by atoms with Gasteiger partial charge in [-0.1, -0.05) is 65.8 Å². The van der Waals surface area contributed by atoms with Crippen LogP contribution in [-0.4, -0.2) is 24.3 Å². The van der Waals surface area contributed by atoms with Crippen molar-refractivity contribution in [3.05, 3.63) is 102 Å². The second-order valence-corrected chi connectivity index (χ2v) is 8.56. The molecule has 0 saturated heterocycles. The van der Waals surface area contributed by atoms with Crippen LogP contribution in [0.4, 0.5) is 0 Å². The number of para-hydroxylation sites is 1. The van der Waals surface area contributed by atoms with Crippen molar-refractivity contribution in [3.8, 4) is 45.2 Å². The topological polar surface area (TPSA) is 70.8 Å². The molecule has 1 heterocycles. The summed E-state index contributed by atoms with van der Waals surface area (Å²) < 4.78 is 22.7. The van der Waals surface area contributed by atoms with Crippen LogP contribution in [0, 0.1) is 6.92 Å². The molecule has 3 aromatic rings. The van der Waals surface area contributed by atoms with Crippen LogP contribution in [0.2, 0.25) is 0 Å². The Balaban J connectivity index is 1.43. The van der Waals surface area contributed by atoms with Crippen molar-refractivity contribution in [1.29, 1.82) is 0 Å². The minimum Gasteiger partial charge on any atom is -0.488 e. The van der Waals surface area contributed by atoms with Crippen molar-refractivity contribution in [2.24, 2.45) is 0 Å². The average Bonchev–Trinajstić information content (AvgIpc) is 3.42. The van der Waals surface area contributed by atoms with Crippen LogP contribution in [0.25, 0.3) is 33.7 Å². The van der Waals surface area contributed by atoms with Crippen LogP contribution in [0.5, 0.6) is 11.5 Å². The third-order valence-electron chi connectivity index (χ3n) is 6.02. The van der Waals surface area contributed by atoms with Gasteiger partial charge in [0.15, 0.2) is 12.4 Å². The second-order valence-electron chi connectivity index (χ2n) is 8.56. The Labute approximate surface area is 215 Å². The number of carbonyl (C=O) groups excluding carboxylic acids is 1. The summed E-state index contributed by atoms with van der Waals surface area (Å²) in [6.45, 7) is 4.44. The largest absolute Gasteiger partial charge is 0.488 e. The smallest absolute Gasteiger partial charge is 0.344 e. The number of rotatable bonds is 9. The monoisotopic (exact) mass is 493 g/mol. The summed E-state index contributed by atoms with van der Waals surface area (Å²) in [4.78, 5) is 11.6. The number of ether oxygens (including phenoxy) is 3. The Morgan fingerprint density at radius 1 is 0.811 bits per heavy atom. The maximum Gasteiger partial charge on any atom is 0.344 e. The Hall–Kier alpha value is -4.58. The number of hydrogen-bond acceptors (Lipinski definition) is 6. The maximum atomic E-state index is 11.6. The van der Waals surface area contributed by atoms with Gasteiger partial charge in [0, 0.05) is 16.7 Å². The molecule has 1 aliphatic carbocycles. The Bertz CT molecular complexity index is 1460. The molecular formula is C31H27NO5. The summed E-state index contributed by atoms with van der Waals surface area (Å²) in [5, 5.41) is 4.50. The number of benzene rings is 3. The zero-order valence-corrected chi connectivity index (χ0v) is 20.8. The quantitative estimate of drug-likeness (QED) is 0.207. The SMILES string of the molecule is CCOC(=O)COc1ccc(-c2noc(-c3cccc(C)c3OCc3ccccc3)c3cccc2-3)cc1. The van der Waals surface area contributed by atoms with Gasteiger partial charge >= 0.3 is 5.97 Å². The first-order valence-electron chi connectivity index (χ1n) is 12.2. The van der Waals surface area contributed by atoms with Crippen LogP contribution in [-0.2, 0) is 16.1 Å². The first-order valence-corrected chi connectivity index (χ1v) is 12.2. The van der Waals surface area contributed by atoms with E-state index in [1.807, 2.05) is 85.8 Å². The van der Waals surface area contributed by atoms with E-state index >= 15 is 0 Å². The fourth-order valence-electron chi connectivity index (χ4n) is 4.22. The molecule has 0 saturated carbocycles. The molecule has 37 heavy (non-hydrogen) atoms. The van der Waals surface area contributed by atoms with Crippen LogP contribution in [0.1, 0.15) is 18.1 Å². The molecule has 186 valence electrons. The van der Waals surface area contributed by atoms with Crippen molar-refractivity contribution in [1.82, 2.24) is 5.16 Å². The van der Waals surface area contributed by atoms with E-state index in [0.717, 1.165) is 44.8 Å². The van der Waals surface area contributed by atoms with Gasteiger partial charge in [-0.2, -0.15) is 0 Å². The first kappa shape index (κ1) is 24.1. The van der Waals surface area contributed by atoms with E-state index in [9.17, 15) is 4.79 Å². The number of fused-ring (bicyclic) bond motifs is 1. The molecule has 0 amide bonds. The van der Waals surface area contributed by atoms with Gasteiger partial charge in [0.25, 0.3) is 0 Å². The molecule has 3 aromatic carbocycles. The van der Waals surface area contributed by atoms with Crippen LogP contribution in [0.3, 0.4) is 0 Å². The van der Waals surface area contributed by atoms with E-state index in [1.54, 1.807) is 19.1 Å². The predicted octanol–water partition coefficient (Wildman–Crippen LogP) is 6.94. The average molecular weight is 494 g/mol. The molecule has 0 spiro atoms. The number of esters is 1. The molecular weight excluding hydrogens is 466 g/mol. The van der Waals surface area contributed by atoms with Crippen LogP contribution in [0.15, 0.2) is 95.5 Å². The Kier molecular flexibility index (Phi) is 7.17. The number of hydrogen-bond donors (Lipinski definition) is 0. The fourth-order valence-corrected chi connectivity index (χ4v) is 4.22. The van der Waals surface area contributed by atoms with E-state index in [0.29, 0.717) is 24.7 Å². The molecule has 0 N–H and O–H groups in total. The van der Waals surface area contributed by atoms with Crippen molar-refractivity contribution in [2.75, 3.05) is 13.2 Å². The fraction of sp³-hybridized carbons (Fsp3) is 0.161. The van der Waals surface area contributed by atoms with Gasteiger partial charge in [-0.25, -0.2) is 4.79 Å². The molecule has 6 nitrogen and oxygen atoms in total. The molecule has 1 aliphatic heterocycles. The van der Waals surface area contributed by atoms with Crippen molar-refractivity contribution >= 4 is 5.97 Å². The highest BCUT2D eigenvalue weighted by atomic mass is 16.6. The predicted molar refractivity (Wildman–Crippen MR) is 142 cm³/mol. The van der Waals surface area contributed by atoms with Gasteiger partial charge < -0.3 is 18.7 Å². The molecule has 0 unspecified atom stereocenters. The summed E-state index contributed by atoms with van der Waals surface area (Å²) >= 11 is 0. The molecule has 6 heteroatoms. The van der Waals surface area contributed by atoms with Crippen LogP contribution < -0.4 is 9.47 Å². The Morgan fingerprint density at radius 3 is 2.32 bits per heavy atom. The number of nitrogens with zero attached hydrogens (tertiary/aromatic N) is 1. The summed E-state index contributed by atoms with van der Waals surface area (Å²) in [6, 6.07) is 29.5. The molecule has 0 bridgehead atoms. The van der Waals surface area contributed by atoms with Crippen molar-refractivity contribution in [2.45, 2.75) is 20.5 Å². The zero-order valence-electron chi connectivity index (χ0n) is 20.8. The number of aryl methyl sites for hydroxylation is 1. The van der Waals surface area contributed by atoms with E-state index in [1.165, 1.54) is 0 Å². The summed E-state index contributed by atoms with van der Waals surface area (Å²) in [7, 11) is 0. The lowest BCUT2D eigenvalue weighted by atomic mass is 9.98. The summed E-state index contributed by atoms with van der Waals surface area (Å²) in [5.41, 5.74) is 6.48. The zero-order chi connectivity index (χ0) is 25.6. The number of aromatic nitrogens is 1. The van der Waals surface area contributed by atoms with Gasteiger partial charge in [0.1, 0.15) is 23.8 Å². The standard InChI is InChI=1S/C31H27NO5/c1-3-34-28(33)20-35-24-17-15-23(16-18-24)29-25-12-8-13-26(25)31(37-32-29)27-14-7-9-21(2)30(27)36-19-22-10-5-4-6-11-22/h4-18H,3,19-20H2,1-2H3. The lowest BCUT2D eigenvalue weighted by molar-refractivity contribution is -0.145. The highest BCUT2D eigenvalue weighted by Gasteiger charge is 2.22. The summed E-state index contributed by atoms with van der Waals surface area (Å²) in [6.07, 6.45) is 0. The normalized spacial score (nSPS) is 10.9. The molecule has 0 radical (unpaired) electrons. The minimum absolute atomic E-state index is 0.131. The maximum absolute atomic E-state index is 11.6. The molecule has 0 atom stereocenters. The highest BCUT2D eigenvalue weighted by Crippen LogP contribution is 2.43. The molecule has 5 rings (SSSR count). The number of carbonyl (C=O) groups is 1.